The molecule has 2 aromatic rings. The summed E-state index contributed by atoms with van der Waals surface area (Å²) in [4.78, 5) is 12.3. The molecule has 1 aliphatic carbocycles. The zero-order valence-corrected chi connectivity index (χ0v) is 14.5. The number of anilines is 1. The third kappa shape index (κ3) is 4.46. The monoisotopic (exact) mass is 374 g/mol. The molecule has 6 nitrogen and oxygen atoms in total. The summed E-state index contributed by atoms with van der Waals surface area (Å²) >= 11 is 6.01. The van der Waals surface area contributed by atoms with Gasteiger partial charge in [-0.2, -0.15) is 9.65 Å². The van der Waals surface area contributed by atoms with Crippen molar-refractivity contribution >= 4 is 23.3 Å². The van der Waals surface area contributed by atoms with Crippen LogP contribution in [0.3, 0.4) is 0 Å². The molecule has 26 heavy (non-hydrogen) atoms. The zero-order chi connectivity index (χ0) is 18.5. The predicted molar refractivity (Wildman–Crippen MR) is 93.2 cm³/mol. The number of nitrogens with zero attached hydrogens (tertiary/aromatic N) is 3. The summed E-state index contributed by atoms with van der Waals surface area (Å²) in [5.41, 5.74) is 0.406. The van der Waals surface area contributed by atoms with E-state index in [0.717, 1.165) is 18.9 Å². The fourth-order valence-corrected chi connectivity index (χ4v) is 3.12. The second-order valence-electron chi connectivity index (χ2n) is 6.08. The van der Waals surface area contributed by atoms with Crippen molar-refractivity contribution in [2.45, 2.75) is 31.8 Å². The molecule has 134 valence electrons. The van der Waals surface area contributed by atoms with Crippen molar-refractivity contribution in [1.82, 2.24) is 10.2 Å². The Morgan fingerprint density at radius 2 is 2.00 bits per heavy atom. The Morgan fingerprint density at radius 3 is 2.62 bits per heavy atom. The van der Waals surface area contributed by atoms with E-state index >= 15 is 0 Å². The highest BCUT2D eigenvalue weighted by Crippen LogP contribution is 2.30. The number of aromatic nitrogens is 2. The molecule has 0 atom stereocenters. The first-order valence-electron chi connectivity index (χ1n) is 8.21. The highest BCUT2D eigenvalue weighted by atomic mass is 35.5. The molecule has 0 aliphatic heterocycles. The first-order chi connectivity index (χ1) is 12.5. The van der Waals surface area contributed by atoms with Gasteiger partial charge in [0.25, 0.3) is 0 Å². The number of amides is 1. The van der Waals surface area contributed by atoms with Crippen molar-refractivity contribution in [3.8, 4) is 11.8 Å². The van der Waals surface area contributed by atoms with Crippen LogP contribution in [-0.2, 0) is 4.79 Å². The van der Waals surface area contributed by atoms with Gasteiger partial charge in [-0.1, -0.05) is 11.6 Å². The molecule has 1 aromatic carbocycles. The molecular weight excluding hydrogens is 359 g/mol. The Hall–Kier alpha value is -2.72. The third-order valence-corrected chi connectivity index (χ3v) is 4.60. The van der Waals surface area contributed by atoms with E-state index in [1.54, 1.807) is 18.2 Å². The second-order valence-corrected chi connectivity index (χ2v) is 6.48. The summed E-state index contributed by atoms with van der Waals surface area (Å²) in [7, 11) is 0. The Kier molecular flexibility index (Phi) is 5.64. The second kappa shape index (κ2) is 8.11. The van der Waals surface area contributed by atoms with Crippen LogP contribution in [0, 0.1) is 23.2 Å². The van der Waals surface area contributed by atoms with E-state index in [1.165, 1.54) is 6.07 Å². The van der Waals surface area contributed by atoms with Gasteiger partial charge in [-0.3, -0.25) is 4.79 Å². The number of nitrogens with one attached hydrogen (secondary N) is 1. The van der Waals surface area contributed by atoms with Gasteiger partial charge < -0.3 is 10.1 Å². The Morgan fingerprint density at radius 1 is 1.23 bits per heavy atom. The number of ether oxygens (including phenoxy) is 1. The largest absolute Gasteiger partial charge is 0.490 e. The number of rotatable bonds is 4. The quantitative estimate of drug-likeness (QED) is 0.881. The Labute approximate surface area is 154 Å². The lowest BCUT2D eigenvalue weighted by atomic mass is 9.86. The fourth-order valence-electron chi connectivity index (χ4n) is 2.91. The highest BCUT2D eigenvalue weighted by molar-refractivity contribution is 6.31. The molecule has 3 rings (SSSR count). The van der Waals surface area contributed by atoms with Crippen LogP contribution in [0.4, 0.5) is 10.2 Å². The summed E-state index contributed by atoms with van der Waals surface area (Å²) in [5.74, 6) is -0.133. The molecule has 1 amide bonds. The lowest BCUT2D eigenvalue weighted by molar-refractivity contribution is -0.121. The molecule has 1 N–H and O–H groups in total. The molecule has 1 aromatic heterocycles. The summed E-state index contributed by atoms with van der Waals surface area (Å²) in [5, 5.41) is 18.8. The zero-order valence-electron chi connectivity index (χ0n) is 13.8. The van der Waals surface area contributed by atoms with Gasteiger partial charge in [0.15, 0.2) is 5.82 Å². The van der Waals surface area contributed by atoms with Gasteiger partial charge in [-0.25, -0.2) is 0 Å². The van der Waals surface area contributed by atoms with Crippen molar-refractivity contribution in [1.29, 1.82) is 5.26 Å². The van der Waals surface area contributed by atoms with Crippen molar-refractivity contribution in [3.63, 3.8) is 0 Å². The number of nitriles is 1. The van der Waals surface area contributed by atoms with Gasteiger partial charge >= 0.3 is 0 Å². The summed E-state index contributed by atoms with van der Waals surface area (Å²) in [6.07, 6.45) is 2.80. The maximum atomic E-state index is 12.7. The van der Waals surface area contributed by atoms with E-state index in [4.69, 9.17) is 21.6 Å². The standard InChI is InChI=1S/C18H16ClFN4O2/c19-15-9-14(6-3-12(15)10-21)26-13-4-1-11(2-5-13)18(25)22-17-8-7-16(20)23-24-17/h3,6-9,11,13H,1-2,4-5H2,(H,22,24,25). The minimum Gasteiger partial charge on any atom is -0.490 e. The van der Waals surface area contributed by atoms with Crippen LogP contribution < -0.4 is 10.1 Å². The van der Waals surface area contributed by atoms with Gasteiger partial charge in [-0.05, 0) is 49.9 Å². The molecule has 1 fully saturated rings. The fraction of sp³-hybridized carbons (Fsp3) is 0.333. The van der Waals surface area contributed by atoms with Crippen LogP contribution in [0.15, 0.2) is 30.3 Å². The normalized spacial score (nSPS) is 19.4. The molecule has 1 heterocycles. The number of halogens is 2. The predicted octanol–water partition coefficient (Wildman–Crippen LogP) is 3.72. The first kappa shape index (κ1) is 18.1. The molecule has 1 saturated carbocycles. The molecule has 0 saturated heterocycles. The first-order valence-corrected chi connectivity index (χ1v) is 8.59. The summed E-state index contributed by atoms with van der Waals surface area (Å²) in [6.45, 7) is 0. The highest BCUT2D eigenvalue weighted by Gasteiger charge is 2.27. The maximum absolute atomic E-state index is 12.7. The van der Waals surface area contributed by atoms with Crippen LogP contribution in [0.5, 0.6) is 5.75 Å². The number of carbonyl (C=O) groups is 1. The molecule has 8 heteroatoms. The van der Waals surface area contributed by atoms with Crippen LogP contribution in [0.1, 0.15) is 31.2 Å². The van der Waals surface area contributed by atoms with Gasteiger partial charge in [0.05, 0.1) is 16.7 Å². The van der Waals surface area contributed by atoms with E-state index < -0.39 is 5.95 Å². The Bertz CT molecular complexity index is 830. The average molecular weight is 375 g/mol. The summed E-state index contributed by atoms with van der Waals surface area (Å²) < 4.78 is 18.6. The third-order valence-electron chi connectivity index (χ3n) is 4.29. The molecule has 0 bridgehead atoms. The van der Waals surface area contributed by atoms with Gasteiger partial charge in [0.2, 0.25) is 11.9 Å². The minimum absolute atomic E-state index is 0.00587. The molecular formula is C18H16ClFN4O2. The van der Waals surface area contributed by atoms with Crippen LogP contribution >= 0.6 is 11.6 Å². The molecule has 1 aliphatic rings. The topological polar surface area (TPSA) is 87.9 Å². The summed E-state index contributed by atoms with van der Waals surface area (Å²) in [6, 6.07) is 9.51. The van der Waals surface area contributed by atoms with Crippen LogP contribution in [0.2, 0.25) is 5.02 Å². The smallest absolute Gasteiger partial charge is 0.233 e. The lowest BCUT2D eigenvalue weighted by Crippen LogP contribution is -2.31. The maximum Gasteiger partial charge on any atom is 0.233 e. The number of carbonyl (C=O) groups excluding carboxylic acids is 1. The van der Waals surface area contributed by atoms with E-state index in [1.807, 2.05) is 6.07 Å². The van der Waals surface area contributed by atoms with Crippen LogP contribution in [-0.4, -0.2) is 22.2 Å². The SMILES string of the molecule is N#Cc1ccc(OC2CCC(C(=O)Nc3ccc(F)nn3)CC2)cc1Cl. The number of hydrogen-bond acceptors (Lipinski definition) is 5. The molecule has 0 spiro atoms. The lowest BCUT2D eigenvalue weighted by Gasteiger charge is -2.28. The van der Waals surface area contributed by atoms with Crippen LogP contribution in [0.25, 0.3) is 0 Å². The van der Waals surface area contributed by atoms with E-state index in [2.05, 4.69) is 15.5 Å². The minimum atomic E-state index is -0.691. The number of benzene rings is 1. The number of hydrogen-bond donors (Lipinski definition) is 1. The molecule has 0 radical (unpaired) electrons. The van der Waals surface area contributed by atoms with Crippen molar-refractivity contribution in [3.05, 3.63) is 46.9 Å². The van der Waals surface area contributed by atoms with Gasteiger partial charge in [-0.15, -0.1) is 10.2 Å². The van der Waals surface area contributed by atoms with Crippen molar-refractivity contribution < 1.29 is 13.9 Å². The van der Waals surface area contributed by atoms with E-state index in [0.29, 0.717) is 29.2 Å². The molecule has 0 unspecified atom stereocenters. The van der Waals surface area contributed by atoms with Crippen molar-refractivity contribution in [2.75, 3.05) is 5.32 Å². The van der Waals surface area contributed by atoms with Crippen molar-refractivity contribution in [2.24, 2.45) is 5.92 Å². The average Bonchev–Trinajstić information content (AvgIpc) is 2.64. The van der Waals surface area contributed by atoms with Gasteiger partial charge in [0.1, 0.15) is 11.8 Å². The van der Waals surface area contributed by atoms with Gasteiger partial charge in [0, 0.05) is 12.0 Å². The van der Waals surface area contributed by atoms with E-state index in [9.17, 15) is 9.18 Å². The Balaban J connectivity index is 1.50. The van der Waals surface area contributed by atoms with E-state index in [-0.39, 0.29) is 23.7 Å².